The van der Waals surface area contributed by atoms with Crippen LogP contribution in [0.5, 0.6) is 0 Å². The first kappa shape index (κ1) is 14.3. The molecular formula is C10H21NO4. The molecule has 0 aliphatic rings. The van der Waals surface area contributed by atoms with Gasteiger partial charge >= 0.3 is 5.97 Å². The fraction of sp³-hybridized carbons (Fsp3) is 0.900. The molecule has 0 spiro atoms. The average Bonchev–Trinajstić information content (AvgIpc) is 2.17. The maximum absolute atomic E-state index is 11.0. The van der Waals surface area contributed by atoms with Crippen LogP contribution < -0.4 is 5.32 Å². The van der Waals surface area contributed by atoms with Crippen molar-refractivity contribution in [1.82, 2.24) is 5.32 Å². The molecule has 5 nitrogen and oxygen atoms in total. The number of ether oxygens (including phenoxy) is 2. The number of esters is 1. The molecule has 0 amide bonds. The zero-order chi connectivity index (χ0) is 11.5. The molecule has 0 aromatic carbocycles. The summed E-state index contributed by atoms with van der Waals surface area (Å²) >= 11 is 0. The lowest BCUT2D eigenvalue weighted by molar-refractivity contribution is -0.145. The van der Waals surface area contributed by atoms with Crippen molar-refractivity contribution in [1.29, 1.82) is 0 Å². The zero-order valence-electron chi connectivity index (χ0n) is 9.49. The van der Waals surface area contributed by atoms with Crippen molar-refractivity contribution in [3.8, 4) is 0 Å². The molecule has 0 aliphatic heterocycles. The summed E-state index contributed by atoms with van der Waals surface area (Å²) in [7, 11) is 0. The first-order chi connectivity index (χ1) is 7.20. The van der Waals surface area contributed by atoms with Gasteiger partial charge in [0.2, 0.25) is 0 Å². The Morgan fingerprint density at radius 1 is 1.40 bits per heavy atom. The molecule has 0 heterocycles. The standard InChI is InChI=1S/C10H21NO4/c1-3-14-6-5-11-8-9(12)7-10(13)15-4-2/h9,11-12H,3-8H2,1-2H3. The normalized spacial score (nSPS) is 12.5. The summed E-state index contributed by atoms with van der Waals surface area (Å²) < 4.78 is 9.81. The highest BCUT2D eigenvalue weighted by Gasteiger charge is 2.10. The van der Waals surface area contributed by atoms with E-state index < -0.39 is 6.10 Å². The first-order valence-electron chi connectivity index (χ1n) is 5.32. The number of aliphatic hydroxyl groups excluding tert-OH is 1. The lowest BCUT2D eigenvalue weighted by Gasteiger charge is -2.10. The summed E-state index contributed by atoms with van der Waals surface area (Å²) in [6, 6.07) is 0. The van der Waals surface area contributed by atoms with Crippen LogP contribution in [0.15, 0.2) is 0 Å². The van der Waals surface area contributed by atoms with E-state index in [-0.39, 0.29) is 12.4 Å². The SMILES string of the molecule is CCOCCNCC(O)CC(=O)OCC. The Morgan fingerprint density at radius 2 is 2.13 bits per heavy atom. The average molecular weight is 219 g/mol. The van der Waals surface area contributed by atoms with Crippen LogP contribution >= 0.6 is 0 Å². The maximum Gasteiger partial charge on any atom is 0.308 e. The summed E-state index contributed by atoms with van der Waals surface area (Å²) in [5.74, 6) is -0.364. The summed E-state index contributed by atoms with van der Waals surface area (Å²) in [6.45, 7) is 6.37. The van der Waals surface area contributed by atoms with Gasteiger partial charge in [0.1, 0.15) is 0 Å². The second kappa shape index (κ2) is 9.89. The molecule has 1 atom stereocenters. The number of aliphatic hydroxyl groups is 1. The fourth-order valence-corrected chi connectivity index (χ4v) is 1.04. The zero-order valence-corrected chi connectivity index (χ0v) is 9.49. The van der Waals surface area contributed by atoms with Crippen molar-refractivity contribution in [3.63, 3.8) is 0 Å². The molecule has 90 valence electrons. The number of carbonyl (C=O) groups is 1. The topological polar surface area (TPSA) is 67.8 Å². The molecule has 0 radical (unpaired) electrons. The highest BCUT2D eigenvalue weighted by atomic mass is 16.5. The first-order valence-corrected chi connectivity index (χ1v) is 5.32. The van der Waals surface area contributed by atoms with E-state index in [2.05, 4.69) is 5.32 Å². The smallest absolute Gasteiger partial charge is 0.308 e. The van der Waals surface area contributed by atoms with E-state index >= 15 is 0 Å². The molecule has 0 fully saturated rings. The molecule has 0 saturated heterocycles. The highest BCUT2D eigenvalue weighted by molar-refractivity contribution is 5.69. The van der Waals surface area contributed by atoms with Crippen molar-refractivity contribution >= 4 is 5.97 Å². The monoisotopic (exact) mass is 219 g/mol. The van der Waals surface area contributed by atoms with Crippen LogP contribution in [0.25, 0.3) is 0 Å². The Kier molecular flexibility index (Phi) is 9.46. The molecule has 1 unspecified atom stereocenters. The molecular weight excluding hydrogens is 198 g/mol. The number of hydrogen-bond donors (Lipinski definition) is 2. The van der Waals surface area contributed by atoms with Crippen molar-refractivity contribution in [2.24, 2.45) is 0 Å². The van der Waals surface area contributed by atoms with Gasteiger partial charge in [0, 0.05) is 19.7 Å². The van der Waals surface area contributed by atoms with Gasteiger partial charge < -0.3 is 19.9 Å². The van der Waals surface area contributed by atoms with E-state index in [0.717, 1.165) is 0 Å². The Morgan fingerprint density at radius 3 is 2.73 bits per heavy atom. The Hall–Kier alpha value is -0.650. The molecule has 0 rings (SSSR count). The molecule has 0 saturated carbocycles. The van der Waals surface area contributed by atoms with E-state index in [0.29, 0.717) is 32.9 Å². The second-order valence-electron chi connectivity index (χ2n) is 3.06. The molecule has 5 heteroatoms. The van der Waals surface area contributed by atoms with Crippen LogP contribution in [-0.4, -0.2) is 50.1 Å². The Bertz CT molecular complexity index is 164. The van der Waals surface area contributed by atoms with Gasteiger partial charge in [-0.3, -0.25) is 4.79 Å². The Labute approximate surface area is 90.8 Å². The van der Waals surface area contributed by atoms with Crippen LogP contribution in [0.1, 0.15) is 20.3 Å². The Balaban J connectivity index is 3.32. The van der Waals surface area contributed by atoms with Crippen molar-refractivity contribution in [3.05, 3.63) is 0 Å². The van der Waals surface area contributed by atoms with Gasteiger partial charge in [-0.25, -0.2) is 0 Å². The maximum atomic E-state index is 11.0. The number of carbonyl (C=O) groups excluding carboxylic acids is 1. The van der Waals surface area contributed by atoms with E-state index in [1.54, 1.807) is 6.92 Å². The summed E-state index contributed by atoms with van der Waals surface area (Å²) in [6.07, 6.45) is -0.652. The quantitative estimate of drug-likeness (QED) is 0.419. The molecule has 0 aromatic heterocycles. The number of hydrogen-bond acceptors (Lipinski definition) is 5. The minimum absolute atomic E-state index is 0.0372. The third kappa shape index (κ3) is 9.65. The predicted molar refractivity (Wildman–Crippen MR) is 56.6 cm³/mol. The van der Waals surface area contributed by atoms with Gasteiger partial charge in [-0.05, 0) is 13.8 Å². The summed E-state index contributed by atoms with van der Waals surface area (Å²) in [5.41, 5.74) is 0. The van der Waals surface area contributed by atoms with Gasteiger partial charge in [0.15, 0.2) is 0 Å². The van der Waals surface area contributed by atoms with Crippen LogP contribution in [-0.2, 0) is 14.3 Å². The van der Waals surface area contributed by atoms with Gasteiger partial charge in [0.05, 0.1) is 25.7 Å². The van der Waals surface area contributed by atoms with Gasteiger partial charge in [-0.15, -0.1) is 0 Å². The molecule has 0 aromatic rings. The van der Waals surface area contributed by atoms with Gasteiger partial charge in [-0.1, -0.05) is 0 Å². The van der Waals surface area contributed by atoms with Crippen LogP contribution in [0, 0.1) is 0 Å². The minimum Gasteiger partial charge on any atom is -0.466 e. The van der Waals surface area contributed by atoms with Crippen LogP contribution in [0.2, 0.25) is 0 Å². The number of rotatable bonds is 9. The van der Waals surface area contributed by atoms with Crippen molar-refractivity contribution in [2.75, 3.05) is 32.9 Å². The van der Waals surface area contributed by atoms with Crippen molar-refractivity contribution in [2.45, 2.75) is 26.4 Å². The lowest BCUT2D eigenvalue weighted by Crippen LogP contribution is -2.31. The summed E-state index contributed by atoms with van der Waals surface area (Å²) in [5, 5.41) is 12.4. The minimum atomic E-state index is -0.689. The van der Waals surface area contributed by atoms with E-state index in [1.807, 2.05) is 6.92 Å². The second-order valence-corrected chi connectivity index (χ2v) is 3.06. The highest BCUT2D eigenvalue weighted by Crippen LogP contribution is 1.93. The number of nitrogens with one attached hydrogen (secondary N) is 1. The third-order valence-electron chi connectivity index (χ3n) is 1.71. The largest absolute Gasteiger partial charge is 0.466 e. The molecule has 0 aliphatic carbocycles. The van der Waals surface area contributed by atoms with E-state index in [9.17, 15) is 9.90 Å². The molecule has 15 heavy (non-hydrogen) atoms. The third-order valence-corrected chi connectivity index (χ3v) is 1.71. The molecule has 2 N–H and O–H groups in total. The van der Waals surface area contributed by atoms with Gasteiger partial charge in [-0.2, -0.15) is 0 Å². The van der Waals surface area contributed by atoms with E-state index in [4.69, 9.17) is 9.47 Å². The van der Waals surface area contributed by atoms with Crippen molar-refractivity contribution < 1.29 is 19.4 Å². The van der Waals surface area contributed by atoms with Crippen LogP contribution in [0.3, 0.4) is 0 Å². The van der Waals surface area contributed by atoms with Crippen LogP contribution in [0.4, 0.5) is 0 Å². The van der Waals surface area contributed by atoms with E-state index in [1.165, 1.54) is 0 Å². The molecule has 0 bridgehead atoms. The fourth-order valence-electron chi connectivity index (χ4n) is 1.04. The summed E-state index contributed by atoms with van der Waals surface area (Å²) in [4.78, 5) is 11.0. The van der Waals surface area contributed by atoms with Gasteiger partial charge in [0.25, 0.3) is 0 Å². The lowest BCUT2D eigenvalue weighted by atomic mass is 10.2. The predicted octanol–water partition coefficient (Wildman–Crippen LogP) is -0.0734.